The fraction of sp³-hybridized carbons (Fsp3) is 0.0556. The van der Waals surface area contributed by atoms with Crippen LogP contribution in [-0.4, -0.2) is 22.7 Å². The summed E-state index contributed by atoms with van der Waals surface area (Å²) >= 11 is 3.29. The molecule has 1 N–H and O–H groups in total. The first-order valence-corrected chi connectivity index (χ1v) is 8.11. The third-order valence-corrected chi connectivity index (χ3v) is 4.70. The highest BCUT2D eigenvalue weighted by Gasteiger charge is 2.48. The lowest BCUT2D eigenvalue weighted by atomic mass is 9.86. The largest absolute Gasteiger partial charge is 0.277 e. The van der Waals surface area contributed by atoms with E-state index in [4.69, 9.17) is 0 Å². The fourth-order valence-corrected chi connectivity index (χ4v) is 3.27. The summed E-state index contributed by atoms with van der Waals surface area (Å²) in [6.07, 6.45) is 9.07. The quantitative estimate of drug-likeness (QED) is 0.798. The van der Waals surface area contributed by atoms with E-state index in [-0.39, 0.29) is 0 Å². The number of rotatable bonds is 2. The van der Waals surface area contributed by atoms with Crippen LogP contribution in [0.15, 0.2) is 75.8 Å². The summed E-state index contributed by atoms with van der Waals surface area (Å²) in [5.74, 6) is -2.06. The number of halogens is 1. The van der Waals surface area contributed by atoms with E-state index in [1.807, 2.05) is 24.3 Å². The van der Waals surface area contributed by atoms with Crippen molar-refractivity contribution in [3.63, 3.8) is 0 Å². The van der Waals surface area contributed by atoms with Crippen LogP contribution in [0, 0.1) is 5.92 Å². The average molecular weight is 383 g/mol. The van der Waals surface area contributed by atoms with Crippen LogP contribution in [0.1, 0.15) is 10.4 Å². The zero-order valence-corrected chi connectivity index (χ0v) is 13.9. The number of fused-ring (bicyclic) bond motifs is 1. The molecule has 1 aliphatic heterocycles. The number of carbonyl (C=O) groups is 3. The lowest BCUT2D eigenvalue weighted by Crippen LogP contribution is -2.46. The molecule has 0 radical (unpaired) electrons. The summed E-state index contributed by atoms with van der Waals surface area (Å²) in [5.41, 5.74) is 4.66. The molecule has 1 atom stereocenters. The summed E-state index contributed by atoms with van der Waals surface area (Å²) in [6.45, 7) is 0. The highest BCUT2D eigenvalue weighted by atomic mass is 79.9. The molecule has 118 valence electrons. The number of imide groups is 1. The molecule has 1 aromatic carbocycles. The molecule has 0 aromatic heterocycles. The minimum absolute atomic E-state index is 0.365. The van der Waals surface area contributed by atoms with E-state index >= 15 is 0 Å². The van der Waals surface area contributed by atoms with Gasteiger partial charge in [-0.15, -0.1) is 0 Å². The van der Waals surface area contributed by atoms with Gasteiger partial charge in [-0.05, 0) is 35.4 Å². The number of hydrogen-bond acceptors (Lipinski definition) is 3. The van der Waals surface area contributed by atoms with E-state index in [1.165, 1.54) is 0 Å². The fourth-order valence-electron chi connectivity index (χ4n) is 3.00. The van der Waals surface area contributed by atoms with Crippen LogP contribution in [0.5, 0.6) is 0 Å². The Hall–Kier alpha value is -2.73. The number of hydrazine groups is 1. The highest BCUT2D eigenvalue weighted by Crippen LogP contribution is 2.39. The van der Waals surface area contributed by atoms with E-state index in [0.29, 0.717) is 16.7 Å². The van der Waals surface area contributed by atoms with E-state index in [0.717, 1.165) is 15.1 Å². The molecule has 5 nitrogen and oxygen atoms in total. The van der Waals surface area contributed by atoms with Gasteiger partial charge in [0.1, 0.15) is 0 Å². The molecule has 6 heteroatoms. The van der Waals surface area contributed by atoms with Crippen molar-refractivity contribution in [3.05, 3.63) is 81.4 Å². The molecular weight excluding hydrogens is 372 g/mol. The van der Waals surface area contributed by atoms with Crippen molar-refractivity contribution >= 4 is 33.7 Å². The molecule has 1 saturated heterocycles. The molecule has 4 aliphatic rings. The number of allylic oxidation sites excluding steroid dienone is 6. The number of benzene rings is 1. The molecule has 3 amide bonds. The van der Waals surface area contributed by atoms with Gasteiger partial charge in [-0.1, -0.05) is 46.3 Å². The second kappa shape index (κ2) is 5.42. The van der Waals surface area contributed by atoms with Crippen molar-refractivity contribution in [2.45, 2.75) is 0 Å². The minimum atomic E-state index is -0.641. The smallest absolute Gasteiger partial charge is 0.271 e. The topological polar surface area (TPSA) is 66.5 Å². The van der Waals surface area contributed by atoms with Gasteiger partial charge >= 0.3 is 0 Å². The molecule has 1 heterocycles. The highest BCUT2D eigenvalue weighted by molar-refractivity contribution is 9.10. The molecule has 1 fully saturated rings. The summed E-state index contributed by atoms with van der Waals surface area (Å²) in [7, 11) is 0. The molecule has 3 aliphatic carbocycles. The maximum atomic E-state index is 12.7. The lowest BCUT2D eigenvalue weighted by Gasteiger charge is -2.16. The van der Waals surface area contributed by atoms with Gasteiger partial charge in [0.05, 0.1) is 5.92 Å². The SMILES string of the molecule is O=C(NN1C(=O)C2=C3C=CC=C(C=C3)C2C1=O)c1ccc(Br)cc1. The Balaban J connectivity index is 1.64. The van der Waals surface area contributed by atoms with Crippen LogP contribution < -0.4 is 5.43 Å². The normalized spacial score (nSPS) is 21.1. The van der Waals surface area contributed by atoms with Crippen LogP contribution in [0.25, 0.3) is 0 Å². The first kappa shape index (κ1) is 14.8. The first-order valence-electron chi connectivity index (χ1n) is 7.31. The third kappa shape index (κ3) is 2.18. The standard InChI is InChI=1S/C18H11BrN2O3/c19-13-8-6-12(7-9-13)16(22)20-21-17(23)14-10-2-1-3-11(5-4-10)15(14)18(21)24/h1-9,14H,(H,20,22). The molecule has 2 bridgehead atoms. The van der Waals surface area contributed by atoms with Gasteiger partial charge in [0.15, 0.2) is 0 Å². The van der Waals surface area contributed by atoms with Crippen molar-refractivity contribution < 1.29 is 14.4 Å². The Kier molecular flexibility index (Phi) is 3.35. The van der Waals surface area contributed by atoms with Gasteiger partial charge in [0.2, 0.25) is 0 Å². The molecule has 5 rings (SSSR count). The van der Waals surface area contributed by atoms with Crippen molar-refractivity contribution in [1.29, 1.82) is 0 Å². The maximum absolute atomic E-state index is 12.7. The van der Waals surface area contributed by atoms with E-state index in [9.17, 15) is 14.4 Å². The van der Waals surface area contributed by atoms with Crippen LogP contribution in [0.3, 0.4) is 0 Å². The van der Waals surface area contributed by atoms with Crippen molar-refractivity contribution in [2.24, 2.45) is 5.92 Å². The van der Waals surface area contributed by atoms with E-state index < -0.39 is 23.6 Å². The molecule has 0 saturated carbocycles. The zero-order chi connectivity index (χ0) is 16.8. The summed E-state index contributed by atoms with van der Waals surface area (Å²) in [5, 5.41) is 0.824. The molecular formula is C18H11BrN2O3. The van der Waals surface area contributed by atoms with Crippen molar-refractivity contribution in [3.8, 4) is 0 Å². The number of nitrogens with zero attached hydrogens (tertiary/aromatic N) is 1. The zero-order valence-electron chi connectivity index (χ0n) is 12.3. The Morgan fingerprint density at radius 1 is 1.08 bits per heavy atom. The second-order valence-corrected chi connectivity index (χ2v) is 6.50. The first-order chi connectivity index (χ1) is 11.6. The molecule has 24 heavy (non-hydrogen) atoms. The Labute approximate surface area is 146 Å². The monoisotopic (exact) mass is 382 g/mol. The predicted octanol–water partition coefficient (Wildman–Crippen LogP) is 2.44. The van der Waals surface area contributed by atoms with Gasteiger partial charge in [-0.25, -0.2) is 0 Å². The van der Waals surface area contributed by atoms with Crippen LogP contribution in [0.2, 0.25) is 0 Å². The number of hydrogen-bond donors (Lipinski definition) is 1. The minimum Gasteiger partial charge on any atom is -0.271 e. The van der Waals surface area contributed by atoms with Crippen LogP contribution in [-0.2, 0) is 9.59 Å². The van der Waals surface area contributed by atoms with Crippen LogP contribution >= 0.6 is 15.9 Å². The van der Waals surface area contributed by atoms with Gasteiger partial charge in [-0.3, -0.25) is 19.8 Å². The average Bonchev–Trinajstić information content (AvgIpc) is 2.80. The molecule has 1 aromatic rings. The summed E-state index contributed by atoms with van der Waals surface area (Å²) in [6, 6.07) is 6.66. The van der Waals surface area contributed by atoms with Gasteiger partial charge < -0.3 is 0 Å². The van der Waals surface area contributed by atoms with E-state index in [2.05, 4.69) is 21.4 Å². The van der Waals surface area contributed by atoms with E-state index in [1.54, 1.807) is 30.3 Å². The molecule has 0 spiro atoms. The number of amides is 3. The Morgan fingerprint density at radius 2 is 1.83 bits per heavy atom. The molecule has 1 unspecified atom stereocenters. The Morgan fingerprint density at radius 3 is 2.58 bits per heavy atom. The van der Waals surface area contributed by atoms with Gasteiger partial charge in [0.25, 0.3) is 17.7 Å². The number of nitrogens with one attached hydrogen (secondary N) is 1. The van der Waals surface area contributed by atoms with Gasteiger partial charge in [0, 0.05) is 15.6 Å². The van der Waals surface area contributed by atoms with Crippen LogP contribution in [0.4, 0.5) is 0 Å². The summed E-state index contributed by atoms with van der Waals surface area (Å²) in [4.78, 5) is 37.6. The Bertz CT molecular complexity index is 903. The van der Waals surface area contributed by atoms with Crippen molar-refractivity contribution in [2.75, 3.05) is 0 Å². The van der Waals surface area contributed by atoms with Crippen molar-refractivity contribution in [1.82, 2.24) is 10.4 Å². The lowest BCUT2D eigenvalue weighted by molar-refractivity contribution is -0.141. The maximum Gasteiger partial charge on any atom is 0.277 e. The van der Waals surface area contributed by atoms with Gasteiger partial charge in [-0.2, -0.15) is 5.01 Å². The third-order valence-electron chi connectivity index (χ3n) is 4.17. The summed E-state index contributed by atoms with van der Waals surface area (Å²) < 4.78 is 0.836. The number of carbonyl (C=O) groups excluding carboxylic acids is 3. The second-order valence-electron chi connectivity index (χ2n) is 5.59. The predicted molar refractivity (Wildman–Crippen MR) is 90.3 cm³/mol.